The smallest absolute Gasteiger partial charge is 0.189 e. The largest absolute Gasteiger partial charge is 0.298 e. The van der Waals surface area contributed by atoms with Crippen LogP contribution in [0, 0.1) is 6.92 Å². The molecule has 0 aliphatic rings. The van der Waals surface area contributed by atoms with E-state index in [-0.39, 0.29) is 10.5 Å². The molecule has 0 bridgehead atoms. The van der Waals surface area contributed by atoms with Gasteiger partial charge >= 0.3 is 0 Å². The molecule has 0 N–H and O–H groups in total. The van der Waals surface area contributed by atoms with Gasteiger partial charge < -0.3 is 0 Å². The Morgan fingerprint density at radius 1 is 1.04 bits per heavy atom. The molecule has 0 spiro atoms. The standard InChI is InChI=1S/C18H16O4S/c1-13-3-9-17(10-4-13)23(21,22)12-14(2)18(20)16-7-5-15(11-19)6-8-16/h3-11H,2,12H2,1H3. The van der Waals surface area contributed by atoms with Gasteiger partial charge in [0.1, 0.15) is 6.29 Å². The SMILES string of the molecule is C=C(CS(=O)(=O)c1ccc(C)cc1)C(=O)c1ccc(C=O)cc1. The Hall–Kier alpha value is -2.53. The summed E-state index contributed by atoms with van der Waals surface area (Å²) in [5, 5.41) is 0. The zero-order chi connectivity index (χ0) is 17.0. The summed E-state index contributed by atoms with van der Waals surface area (Å²) < 4.78 is 24.7. The molecule has 0 aromatic heterocycles. The zero-order valence-corrected chi connectivity index (χ0v) is 13.5. The maximum Gasteiger partial charge on any atom is 0.189 e. The first-order valence-corrected chi connectivity index (χ1v) is 8.56. The number of ketones is 1. The van der Waals surface area contributed by atoms with Gasteiger partial charge in [-0.15, -0.1) is 0 Å². The number of aldehydes is 1. The summed E-state index contributed by atoms with van der Waals surface area (Å²) in [7, 11) is -3.62. The molecule has 2 aromatic rings. The molecule has 2 rings (SSSR count). The number of hydrogen-bond acceptors (Lipinski definition) is 4. The normalized spacial score (nSPS) is 11.0. The van der Waals surface area contributed by atoms with Crippen LogP contribution in [-0.4, -0.2) is 26.2 Å². The minimum atomic E-state index is -3.62. The highest BCUT2D eigenvalue weighted by atomic mass is 32.2. The molecule has 0 unspecified atom stereocenters. The van der Waals surface area contributed by atoms with E-state index in [2.05, 4.69) is 6.58 Å². The van der Waals surface area contributed by atoms with Crippen LogP contribution in [0.3, 0.4) is 0 Å². The molecular formula is C18H16O4S. The molecule has 0 radical (unpaired) electrons. The van der Waals surface area contributed by atoms with Crippen LogP contribution in [0.2, 0.25) is 0 Å². The van der Waals surface area contributed by atoms with Gasteiger partial charge in [-0.2, -0.15) is 0 Å². The molecule has 0 aliphatic heterocycles. The Labute approximate surface area is 135 Å². The Bertz CT molecular complexity index is 845. The van der Waals surface area contributed by atoms with Gasteiger partial charge in [-0.25, -0.2) is 8.42 Å². The molecule has 0 atom stereocenters. The fourth-order valence-electron chi connectivity index (χ4n) is 2.04. The predicted molar refractivity (Wildman–Crippen MR) is 88.5 cm³/mol. The Morgan fingerprint density at radius 2 is 1.61 bits per heavy atom. The van der Waals surface area contributed by atoms with Gasteiger partial charge in [0, 0.05) is 16.7 Å². The van der Waals surface area contributed by atoms with Crippen LogP contribution < -0.4 is 0 Å². The molecule has 23 heavy (non-hydrogen) atoms. The summed E-state index contributed by atoms with van der Waals surface area (Å²) in [4.78, 5) is 23.0. The van der Waals surface area contributed by atoms with Crippen molar-refractivity contribution in [3.8, 4) is 0 Å². The van der Waals surface area contributed by atoms with Crippen LogP contribution in [0.1, 0.15) is 26.3 Å². The van der Waals surface area contributed by atoms with E-state index in [0.29, 0.717) is 17.4 Å². The maximum atomic E-state index is 12.3. The summed E-state index contributed by atoms with van der Waals surface area (Å²) >= 11 is 0. The van der Waals surface area contributed by atoms with Gasteiger partial charge in [0.15, 0.2) is 15.6 Å². The average Bonchev–Trinajstić information content (AvgIpc) is 2.54. The van der Waals surface area contributed by atoms with Crippen molar-refractivity contribution in [3.63, 3.8) is 0 Å². The fourth-order valence-corrected chi connectivity index (χ4v) is 3.35. The number of benzene rings is 2. The number of rotatable bonds is 6. The fraction of sp³-hybridized carbons (Fsp3) is 0.111. The van der Waals surface area contributed by atoms with E-state index in [9.17, 15) is 18.0 Å². The van der Waals surface area contributed by atoms with Crippen LogP contribution >= 0.6 is 0 Å². The number of sulfone groups is 1. The highest BCUT2D eigenvalue weighted by Gasteiger charge is 2.20. The van der Waals surface area contributed by atoms with E-state index < -0.39 is 21.4 Å². The summed E-state index contributed by atoms with van der Waals surface area (Å²) in [6.45, 7) is 5.47. The minimum Gasteiger partial charge on any atom is -0.298 e. The highest BCUT2D eigenvalue weighted by Crippen LogP contribution is 2.17. The van der Waals surface area contributed by atoms with Crippen molar-refractivity contribution in [2.45, 2.75) is 11.8 Å². The molecule has 0 heterocycles. The summed E-state index contributed by atoms with van der Waals surface area (Å²) in [6, 6.07) is 12.4. The van der Waals surface area contributed by atoms with Gasteiger partial charge in [-0.05, 0) is 19.1 Å². The second-order valence-electron chi connectivity index (χ2n) is 5.24. The Kier molecular flexibility index (Phi) is 4.91. The topological polar surface area (TPSA) is 68.3 Å². The van der Waals surface area contributed by atoms with Crippen molar-refractivity contribution in [1.82, 2.24) is 0 Å². The van der Waals surface area contributed by atoms with E-state index in [4.69, 9.17) is 0 Å². The molecule has 5 heteroatoms. The second kappa shape index (κ2) is 6.71. The molecule has 0 aliphatic carbocycles. The van der Waals surface area contributed by atoms with Gasteiger partial charge in [0.2, 0.25) is 0 Å². The lowest BCUT2D eigenvalue weighted by molar-refractivity contribution is 0.103. The summed E-state index contributed by atoms with van der Waals surface area (Å²) in [6.07, 6.45) is 0.672. The Morgan fingerprint density at radius 3 is 2.13 bits per heavy atom. The molecule has 2 aromatic carbocycles. The molecular weight excluding hydrogens is 312 g/mol. The first-order chi connectivity index (χ1) is 10.8. The van der Waals surface area contributed by atoms with Crippen LogP contribution in [0.5, 0.6) is 0 Å². The zero-order valence-electron chi connectivity index (χ0n) is 12.7. The highest BCUT2D eigenvalue weighted by molar-refractivity contribution is 7.91. The van der Waals surface area contributed by atoms with Crippen LogP contribution in [0.15, 0.2) is 65.6 Å². The lowest BCUT2D eigenvalue weighted by Crippen LogP contribution is -2.14. The Balaban J connectivity index is 2.18. The number of Topliss-reactive ketones (excluding diaryl/α,β-unsaturated/α-hetero) is 1. The summed E-state index contributed by atoms with van der Waals surface area (Å²) in [5.74, 6) is -0.886. The number of carbonyl (C=O) groups is 2. The van der Waals surface area contributed by atoms with Crippen molar-refractivity contribution in [2.75, 3.05) is 5.75 Å². The minimum absolute atomic E-state index is 0.00979. The van der Waals surface area contributed by atoms with Gasteiger partial charge in [0.05, 0.1) is 10.6 Å². The van der Waals surface area contributed by atoms with Gasteiger partial charge in [-0.1, -0.05) is 48.5 Å². The van der Waals surface area contributed by atoms with Gasteiger partial charge in [-0.3, -0.25) is 9.59 Å². The van der Waals surface area contributed by atoms with Crippen LogP contribution in [-0.2, 0) is 9.84 Å². The van der Waals surface area contributed by atoms with E-state index in [0.717, 1.165) is 5.56 Å². The first kappa shape index (κ1) is 16.8. The molecule has 0 fully saturated rings. The van der Waals surface area contributed by atoms with Crippen molar-refractivity contribution in [3.05, 3.63) is 77.4 Å². The third-order valence-electron chi connectivity index (χ3n) is 3.37. The van der Waals surface area contributed by atoms with Crippen LogP contribution in [0.4, 0.5) is 0 Å². The molecule has 0 amide bonds. The molecule has 4 nitrogen and oxygen atoms in total. The van der Waals surface area contributed by atoms with Crippen molar-refractivity contribution in [2.24, 2.45) is 0 Å². The van der Waals surface area contributed by atoms with E-state index in [1.807, 2.05) is 6.92 Å². The molecule has 0 saturated carbocycles. The second-order valence-corrected chi connectivity index (χ2v) is 7.23. The van der Waals surface area contributed by atoms with E-state index in [1.165, 1.54) is 36.4 Å². The van der Waals surface area contributed by atoms with E-state index in [1.54, 1.807) is 12.1 Å². The molecule has 118 valence electrons. The lowest BCUT2D eigenvalue weighted by Gasteiger charge is -2.07. The predicted octanol–water partition coefficient (Wildman–Crippen LogP) is 3.02. The number of aryl methyl sites for hydroxylation is 1. The quantitative estimate of drug-likeness (QED) is 0.464. The maximum absolute atomic E-state index is 12.3. The van der Waals surface area contributed by atoms with Crippen molar-refractivity contribution < 1.29 is 18.0 Å². The van der Waals surface area contributed by atoms with E-state index >= 15 is 0 Å². The third kappa shape index (κ3) is 4.02. The monoisotopic (exact) mass is 328 g/mol. The van der Waals surface area contributed by atoms with Crippen LogP contribution in [0.25, 0.3) is 0 Å². The average molecular weight is 328 g/mol. The molecule has 0 saturated heterocycles. The number of hydrogen-bond donors (Lipinski definition) is 0. The number of carbonyl (C=O) groups excluding carboxylic acids is 2. The first-order valence-electron chi connectivity index (χ1n) is 6.90. The van der Waals surface area contributed by atoms with Crippen molar-refractivity contribution >= 4 is 21.9 Å². The summed E-state index contributed by atoms with van der Waals surface area (Å²) in [5.41, 5.74) is 1.69. The third-order valence-corrected chi connectivity index (χ3v) is 5.09. The van der Waals surface area contributed by atoms with Gasteiger partial charge in [0.25, 0.3) is 0 Å². The lowest BCUT2D eigenvalue weighted by atomic mass is 10.0. The van der Waals surface area contributed by atoms with Crippen molar-refractivity contribution in [1.29, 1.82) is 0 Å².